The summed E-state index contributed by atoms with van der Waals surface area (Å²) in [5, 5.41) is 3.84. The molecule has 0 radical (unpaired) electrons. The molecule has 1 N–H and O–H groups in total. The Kier molecular flexibility index (Phi) is 4.14. The van der Waals surface area contributed by atoms with Crippen LogP contribution in [0.25, 0.3) is 10.2 Å². The largest absolute Gasteiger partial charge is 0.318 e. The first-order valence-corrected chi connectivity index (χ1v) is 7.70. The van der Waals surface area contributed by atoms with E-state index in [-0.39, 0.29) is 10.6 Å². The van der Waals surface area contributed by atoms with Gasteiger partial charge in [0, 0.05) is 7.05 Å². The van der Waals surface area contributed by atoms with E-state index in [0.717, 1.165) is 22.3 Å². The molecule has 0 fully saturated rings. The van der Waals surface area contributed by atoms with Crippen LogP contribution in [0.5, 0.6) is 0 Å². The van der Waals surface area contributed by atoms with Crippen LogP contribution in [0, 0.1) is 11.6 Å². The number of halogens is 3. The van der Waals surface area contributed by atoms with E-state index in [4.69, 9.17) is 11.6 Å². The van der Waals surface area contributed by atoms with Crippen molar-refractivity contribution in [3.05, 3.63) is 63.4 Å². The van der Waals surface area contributed by atoms with Crippen molar-refractivity contribution in [1.29, 1.82) is 0 Å². The fraction of sp³-hybridized carbons (Fsp3) is 0.0667. The van der Waals surface area contributed by atoms with E-state index in [0.29, 0.717) is 4.80 Å². The molecule has 4 nitrogen and oxygen atoms in total. The smallest absolute Gasteiger partial charge is 0.273 e. The molecule has 0 saturated carbocycles. The molecule has 0 aliphatic heterocycles. The van der Waals surface area contributed by atoms with Crippen LogP contribution in [0.1, 0.15) is 10.4 Å². The number of carbonyl (C=O) groups excluding carboxylic acids is 1. The Labute approximate surface area is 138 Å². The number of aryl methyl sites for hydroxylation is 1. The van der Waals surface area contributed by atoms with Crippen LogP contribution in [0.3, 0.4) is 0 Å². The van der Waals surface area contributed by atoms with Gasteiger partial charge in [0.15, 0.2) is 11.6 Å². The van der Waals surface area contributed by atoms with Crippen LogP contribution >= 0.6 is 22.9 Å². The number of thiazole rings is 1. The molecule has 23 heavy (non-hydrogen) atoms. The van der Waals surface area contributed by atoms with E-state index >= 15 is 0 Å². The Morgan fingerprint density at radius 3 is 2.70 bits per heavy atom. The third kappa shape index (κ3) is 2.97. The fourth-order valence-electron chi connectivity index (χ4n) is 2.04. The van der Waals surface area contributed by atoms with E-state index in [9.17, 15) is 13.6 Å². The first-order valence-electron chi connectivity index (χ1n) is 6.50. The lowest BCUT2D eigenvalue weighted by Gasteiger charge is -2.03. The van der Waals surface area contributed by atoms with Gasteiger partial charge < -0.3 is 4.57 Å². The number of fused-ring (bicyclic) bond motifs is 1. The van der Waals surface area contributed by atoms with E-state index in [1.165, 1.54) is 11.3 Å². The molecule has 0 unspecified atom stereocenters. The predicted octanol–water partition coefficient (Wildman–Crippen LogP) is 3.42. The summed E-state index contributed by atoms with van der Waals surface area (Å²) in [4.78, 5) is 12.6. The van der Waals surface area contributed by atoms with Crippen molar-refractivity contribution in [3.8, 4) is 0 Å². The number of rotatable bonds is 2. The zero-order valence-corrected chi connectivity index (χ0v) is 13.4. The summed E-state index contributed by atoms with van der Waals surface area (Å²) in [6.45, 7) is 0. The predicted molar refractivity (Wildman–Crippen MR) is 85.2 cm³/mol. The van der Waals surface area contributed by atoms with Gasteiger partial charge in [-0.3, -0.25) is 4.79 Å². The van der Waals surface area contributed by atoms with Gasteiger partial charge in [-0.15, -0.1) is 5.10 Å². The Morgan fingerprint density at radius 2 is 1.96 bits per heavy atom. The third-order valence-corrected chi connectivity index (χ3v) is 4.65. The molecule has 0 aliphatic rings. The van der Waals surface area contributed by atoms with Crippen LogP contribution in [0.2, 0.25) is 5.02 Å². The Morgan fingerprint density at radius 1 is 1.26 bits per heavy atom. The monoisotopic (exact) mass is 353 g/mol. The van der Waals surface area contributed by atoms with Gasteiger partial charge in [-0.2, -0.15) is 0 Å². The van der Waals surface area contributed by atoms with Crippen LogP contribution in [0.15, 0.2) is 41.5 Å². The lowest BCUT2D eigenvalue weighted by molar-refractivity contribution is 0.0952. The molecule has 1 amide bonds. The summed E-state index contributed by atoms with van der Waals surface area (Å²) < 4.78 is 29.1. The maximum Gasteiger partial charge on any atom is 0.273 e. The zero-order valence-electron chi connectivity index (χ0n) is 11.8. The van der Waals surface area contributed by atoms with Gasteiger partial charge in [0.1, 0.15) is 0 Å². The highest BCUT2D eigenvalue weighted by Gasteiger charge is 2.14. The number of hydrogen-bond donors (Lipinski definition) is 1. The molecule has 1 heterocycles. The molecule has 0 atom stereocenters. The highest BCUT2D eigenvalue weighted by molar-refractivity contribution is 7.16. The number of hydrogen-bond acceptors (Lipinski definition) is 3. The Balaban J connectivity index is 1.94. The lowest BCUT2D eigenvalue weighted by Crippen LogP contribution is -2.23. The van der Waals surface area contributed by atoms with E-state index < -0.39 is 17.5 Å². The third-order valence-electron chi connectivity index (χ3n) is 3.22. The number of benzene rings is 2. The van der Waals surface area contributed by atoms with Gasteiger partial charge in [-0.1, -0.05) is 35.1 Å². The average Bonchev–Trinajstić information content (AvgIpc) is 2.85. The zero-order chi connectivity index (χ0) is 16.6. The normalized spacial score (nSPS) is 11.9. The summed E-state index contributed by atoms with van der Waals surface area (Å²) in [5.74, 6) is -2.97. The molecule has 1 aromatic heterocycles. The first kappa shape index (κ1) is 15.6. The van der Waals surface area contributed by atoms with Gasteiger partial charge >= 0.3 is 0 Å². The first-order chi connectivity index (χ1) is 11.0. The van der Waals surface area contributed by atoms with Gasteiger partial charge in [0.05, 0.1) is 20.8 Å². The second kappa shape index (κ2) is 6.10. The summed E-state index contributed by atoms with van der Waals surface area (Å²) in [6.07, 6.45) is 0. The summed E-state index contributed by atoms with van der Waals surface area (Å²) in [6, 6.07) is 9.17. The summed E-state index contributed by atoms with van der Waals surface area (Å²) >= 11 is 7.15. The number of carbonyl (C=O) groups is 1. The van der Waals surface area contributed by atoms with Crippen LogP contribution in [0.4, 0.5) is 8.78 Å². The van der Waals surface area contributed by atoms with Crippen LogP contribution in [-0.2, 0) is 7.05 Å². The summed E-state index contributed by atoms with van der Waals surface area (Å²) in [7, 11) is 1.81. The van der Waals surface area contributed by atoms with Crippen molar-refractivity contribution in [1.82, 2.24) is 9.99 Å². The maximum absolute atomic E-state index is 13.2. The SMILES string of the molecule is Cn1/c(=N\NC(=O)c2cc(F)c(F)cc2Cl)sc2ccccc21. The molecule has 118 valence electrons. The molecule has 3 rings (SSSR count). The highest BCUT2D eigenvalue weighted by atomic mass is 35.5. The van der Waals surface area contributed by atoms with Gasteiger partial charge in [0.2, 0.25) is 4.80 Å². The highest BCUT2D eigenvalue weighted by Crippen LogP contribution is 2.20. The molecule has 0 saturated heterocycles. The Bertz CT molecular complexity index is 981. The molecular weight excluding hydrogens is 344 g/mol. The maximum atomic E-state index is 13.2. The minimum absolute atomic E-state index is 0.182. The fourth-order valence-corrected chi connectivity index (χ4v) is 3.26. The number of aromatic nitrogens is 1. The molecule has 8 heteroatoms. The standard InChI is InChI=1S/C15H10ClF2N3OS/c1-21-12-4-2-3-5-13(12)23-15(21)20-19-14(22)8-6-10(17)11(18)7-9(8)16/h2-7H,1H3,(H,19,22)/b20-15+. The van der Waals surface area contributed by atoms with Crippen molar-refractivity contribution in [2.24, 2.45) is 12.1 Å². The van der Waals surface area contributed by atoms with E-state index in [1.54, 1.807) is 0 Å². The molecule has 2 aromatic carbocycles. The van der Waals surface area contributed by atoms with Crippen LogP contribution < -0.4 is 10.2 Å². The topological polar surface area (TPSA) is 46.4 Å². The van der Waals surface area contributed by atoms with Crippen molar-refractivity contribution >= 4 is 39.1 Å². The second-order valence-electron chi connectivity index (χ2n) is 4.71. The average molecular weight is 354 g/mol. The van der Waals surface area contributed by atoms with Gasteiger partial charge in [0.25, 0.3) is 5.91 Å². The van der Waals surface area contributed by atoms with E-state index in [2.05, 4.69) is 10.5 Å². The number of nitrogens with one attached hydrogen (secondary N) is 1. The van der Waals surface area contributed by atoms with Gasteiger partial charge in [-0.25, -0.2) is 14.2 Å². The molecule has 0 spiro atoms. The van der Waals surface area contributed by atoms with Crippen molar-refractivity contribution < 1.29 is 13.6 Å². The second-order valence-corrected chi connectivity index (χ2v) is 6.13. The molecule has 0 aliphatic carbocycles. The Hall–Kier alpha value is -2.25. The number of para-hydroxylation sites is 1. The number of nitrogens with zero attached hydrogens (tertiary/aromatic N) is 2. The minimum atomic E-state index is -1.15. The number of amides is 1. The minimum Gasteiger partial charge on any atom is -0.318 e. The van der Waals surface area contributed by atoms with Crippen molar-refractivity contribution in [3.63, 3.8) is 0 Å². The van der Waals surface area contributed by atoms with Gasteiger partial charge in [-0.05, 0) is 24.3 Å². The molecular formula is C15H10ClF2N3OS. The quantitative estimate of drug-likeness (QED) is 0.557. The van der Waals surface area contributed by atoms with Crippen molar-refractivity contribution in [2.75, 3.05) is 0 Å². The lowest BCUT2D eigenvalue weighted by atomic mass is 10.2. The van der Waals surface area contributed by atoms with E-state index in [1.807, 2.05) is 35.9 Å². The molecule has 3 aromatic rings. The van der Waals surface area contributed by atoms with Crippen molar-refractivity contribution in [2.45, 2.75) is 0 Å². The summed E-state index contributed by atoms with van der Waals surface area (Å²) in [5.41, 5.74) is 3.09. The van der Waals surface area contributed by atoms with Crippen LogP contribution in [-0.4, -0.2) is 10.5 Å². The molecule has 0 bridgehead atoms.